The highest BCUT2D eigenvalue weighted by atomic mass is 19.4. The minimum atomic E-state index is -4.79. The summed E-state index contributed by atoms with van der Waals surface area (Å²) in [5.74, 6) is -1.24. The van der Waals surface area contributed by atoms with Gasteiger partial charge in [-0.25, -0.2) is 0 Å². The summed E-state index contributed by atoms with van der Waals surface area (Å²) in [6.45, 7) is 8.75. The third-order valence-electron chi connectivity index (χ3n) is 4.27. The predicted octanol–water partition coefficient (Wildman–Crippen LogP) is 3.23. The van der Waals surface area contributed by atoms with E-state index in [1.165, 1.54) is 20.0 Å². The first-order valence-electron chi connectivity index (χ1n) is 8.14. The third-order valence-corrected chi connectivity index (χ3v) is 4.27. The van der Waals surface area contributed by atoms with E-state index in [1.807, 2.05) is 13.8 Å². The molecule has 138 valence electrons. The molecule has 0 saturated heterocycles. The molecule has 8 heteroatoms. The van der Waals surface area contributed by atoms with Gasteiger partial charge in [-0.2, -0.15) is 18.3 Å². The first-order valence-corrected chi connectivity index (χ1v) is 8.14. The van der Waals surface area contributed by atoms with Crippen LogP contribution >= 0.6 is 0 Å². The van der Waals surface area contributed by atoms with E-state index in [-0.39, 0.29) is 11.6 Å². The highest BCUT2D eigenvalue weighted by molar-refractivity contribution is 5.95. The Kier molecular flexibility index (Phi) is 6.83. The van der Waals surface area contributed by atoms with Gasteiger partial charge in [0.1, 0.15) is 0 Å². The predicted molar refractivity (Wildman–Crippen MR) is 84.7 cm³/mol. The van der Waals surface area contributed by atoms with Crippen molar-refractivity contribution in [1.29, 1.82) is 0 Å². The molecule has 24 heavy (non-hydrogen) atoms. The number of alkyl halides is 3. The number of aliphatic hydroxyl groups excluding tert-OH is 1. The van der Waals surface area contributed by atoms with Crippen LogP contribution in [0.5, 0.6) is 0 Å². The van der Waals surface area contributed by atoms with E-state index in [0.29, 0.717) is 5.69 Å². The zero-order chi connectivity index (χ0) is 18.7. The number of aromatic nitrogens is 2. The molecule has 2 N–H and O–H groups in total. The molecule has 0 aliphatic carbocycles. The van der Waals surface area contributed by atoms with Gasteiger partial charge in [0.2, 0.25) is 0 Å². The Morgan fingerprint density at radius 3 is 2.29 bits per heavy atom. The first kappa shape index (κ1) is 20.5. The number of nitrogens with one attached hydrogen (secondary N) is 1. The summed E-state index contributed by atoms with van der Waals surface area (Å²) in [4.78, 5) is 12.4. The van der Waals surface area contributed by atoms with Crippen molar-refractivity contribution in [3.05, 3.63) is 17.5 Å². The van der Waals surface area contributed by atoms with Crippen molar-refractivity contribution in [2.24, 2.45) is 5.92 Å². The third kappa shape index (κ3) is 4.49. The average molecular weight is 349 g/mol. The Morgan fingerprint density at radius 2 is 1.88 bits per heavy atom. The molecule has 2 atom stereocenters. The Hall–Kier alpha value is -1.57. The van der Waals surface area contributed by atoms with Crippen molar-refractivity contribution in [2.75, 3.05) is 0 Å². The van der Waals surface area contributed by atoms with E-state index in [1.54, 1.807) is 11.6 Å². The number of rotatable bonds is 7. The summed E-state index contributed by atoms with van der Waals surface area (Å²) in [5.41, 5.74) is 0.826. The number of carbonyl (C=O) groups excluding carboxylic acids is 1. The van der Waals surface area contributed by atoms with Gasteiger partial charge in [0, 0.05) is 5.69 Å². The van der Waals surface area contributed by atoms with Crippen LogP contribution < -0.4 is 5.32 Å². The maximum Gasteiger partial charge on any atom is 0.416 e. The minimum absolute atomic E-state index is 0.133. The minimum Gasteiger partial charge on any atom is -0.382 e. The van der Waals surface area contributed by atoms with Gasteiger partial charge in [-0.3, -0.25) is 9.48 Å². The van der Waals surface area contributed by atoms with Crippen molar-refractivity contribution < 1.29 is 23.1 Å². The molecule has 1 rings (SSSR count). The summed E-state index contributed by atoms with van der Waals surface area (Å²) in [6, 6.07) is -1.29. The quantitative estimate of drug-likeness (QED) is 0.794. The maximum absolute atomic E-state index is 12.8. The second-order valence-electron chi connectivity index (χ2n) is 6.29. The lowest BCUT2D eigenvalue weighted by atomic mass is 9.97. The van der Waals surface area contributed by atoms with Crippen LogP contribution in [-0.2, 0) is 0 Å². The lowest BCUT2D eigenvalue weighted by Crippen LogP contribution is -2.52. The standard InChI is InChI=1S/C16H26F3N3O2/c1-6-11(7-2)22-10(5)12(8-20-22)15(24)21-13(9(3)4)14(23)16(17,18)19/h8-9,11,13-14,23H,6-7H2,1-5H3,(H,21,24)/t13-,14-/m0/s1. The number of hydrogen-bond acceptors (Lipinski definition) is 3. The molecular formula is C16H26F3N3O2. The van der Waals surface area contributed by atoms with E-state index in [9.17, 15) is 23.1 Å². The van der Waals surface area contributed by atoms with Gasteiger partial charge in [-0.1, -0.05) is 27.7 Å². The second kappa shape index (κ2) is 8.00. The number of hydrogen-bond donors (Lipinski definition) is 2. The number of nitrogens with zero attached hydrogens (tertiary/aromatic N) is 2. The molecule has 1 aromatic rings. The van der Waals surface area contributed by atoms with Crippen LogP contribution in [0.3, 0.4) is 0 Å². The largest absolute Gasteiger partial charge is 0.416 e. The van der Waals surface area contributed by atoms with E-state index >= 15 is 0 Å². The summed E-state index contributed by atoms with van der Waals surface area (Å²) in [6.07, 6.45) is -4.38. The second-order valence-corrected chi connectivity index (χ2v) is 6.29. The number of amides is 1. The fourth-order valence-corrected chi connectivity index (χ4v) is 2.69. The molecule has 0 spiro atoms. The lowest BCUT2D eigenvalue weighted by molar-refractivity contribution is -0.214. The normalized spacial score (nSPS) is 15.0. The molecule has 0 fully saturated rings. The Balaban J connectivity index is 3.01. The Bertz CT molecular complexity index is 551. The fraction of sp³-hybridized carbons (Fsp3) is 0.750. The van der Waals surface area contributed by atoms with Crippen molar-refractivity contribution in [3.8, 4) is 0 Å². The Labute approximate surface area is 140 Å². The average Bonchev–Trinajstić information content (AvgIpc) is 2.86. The molecule has 1 aromatic heterocycles. The van der Waals surface area contributed by atoms with Gasteiger partial charge in [0.25, 0.3) is 5.91 Å². The van der Waals surface area contributed by atoms with Crippen molar-refractivity contribution >= 4 is 5.91 Å². The zero-order valence-corrected chi connectivity index (χ0v) is 14.7. The number of carbonyl (C=O) groups is 1. The van der Waals surface area contributed by atoms with E-state index in [0.717, 1.165) is 12.8 Å². The molecule has 5 nitrogen and oxygen atoms in total. The molecule has 1 amide bonds. The summed E-state index contributed by atoms with van der Waals surface area (Å²) >= 11 is 0. The molecule has 0 bridgehead atoms. The summed E-state index contributed by atoms with van der Waals surface area (Å²) in [7, 11) is 0. The van der Waals surface area contributed by atoms with Crippen molar-refractivity contribution in [3.63, 3.8) is 0 Å². The van der Waals surface area contributed by atoms with Crippen LogP contribution in [0.4, 0.5) is 13.2 Å². The maximum atomic E-state index is 12.8. The zero-order valence-electron chi connectivity index (χ0n) is 14.7. The van der Waals surface area contributed by atoms with Gasteiger partial charge in [-0.05, 0) is 25.7 Å². The van der Waals surface area contributed by atoms with Crippen LogP contribution in [0.1, 0.15) is 62.6 Å². The van der Waals surface area contributed by atoms with Crippen LogP contribution in [0.2, 0.25) is 0 Å². The Morgan fingerprint density at radius 1 is 1.33 bits per heavy atom. The van der Waals surface area contributed by atoms with E-state index < -0.39 is 30.1 Å². The number of halogens is 3. The van der Waals surface area contributed by atoms with Crippen LogP contribution in [-0.4, -0.2) is 39.1 Å². The topological polar surface area (TPSA) is 67.2 Å². The van der Waals surface area contributed by atoms with E-state index in [4.69, 9.17) is 0 Å². The molecule has 0 radical (unpaired) electrons. The van der Waals surface area contributed by atoms with Gasteiger partial charge < -0.3 is 10.4 Å². The van der Waals surface area contributed by atoms with E-state index in [2.05, 4.69) is 10.4 Å². The van der Waals surface area contributed by atoms with Crippen LogP contribution in [0.25, 0.3) is 0 Å². The highest BCUT2D eigenvalue weighted by Gasteiger charge is 2.45. The molecule has 0 aliphatic rings. The van der Waals surface area contributed by atoms with Crippen LogP contribution in [0.15, 0.2) is 6.20 Å². The molecule has 0 saturated carbocycles. The van der Waals surface area contributed by atoms with Crippen molar-refractivity contribution in [1.82, 2.24) is 15.1 Å². The van der Waals surface area contributed by atoms with Gasteiger partial charge >= 0.3 is 6.18 Å². The van der Waals surface area contributed by atoms with Gasteiger partial charge in [0.15, 0.2) is 6.10 Å². The lowest BCUT2D eigenvalue weighted by Gasteiger charge is -2.28. The summed E-state index contributed by atoms with van der Waals surface area (Å²) < 4.78 is 40.0. The fourth-order valence-electron chi connectivity index (χ4n) is 2.69. The van der Waals surface area contributed by atoms with Crippen LogP contribution in [0, 0.1) is 12.8 Å². The monoisotopic (exact) mass is 349 g/mol. The summed E-state index contributed by atoms with van der Waals surface area (Å²) in [5, 5.41) is 16.0. The molecule has 1 heterocycles. The number of aliphatic hydroxyl groups is 1. The smallest absolute Gasteiger partial charge is 0.382 e. The molecule has 0 unspecified atom stereocenters. The highest BCUT2D eigenvalue weighted by Crippen LogP contribution is 2.26. The molecular weight excluding hydrogens is 323 g/mol. The van der Waals surface area contributed by atoms with Gasteiger partial charge in [-0.15, -0.1) is 0 Å². The van der Waals surface area contributed by atoms with Gasteiger partial charge in [0.05, 0.1) is 23.8 Å². The molecule has 0 aliphatic heterocycles. The first-order chi connectivity index (χ1) is 11.0. The van der Waals surface area contributed by atoms with Crippen molar-refractivity contribution in [2.45, 2.75) is 71.8 Å². The SMILES string of the molecule is CCC(CC)n1ncc(C(=O)N[C@@H](C(C)C)[C@H](O)C(F)(F)F)c1C. The molecule has 0 aromatic carbocycles.